The number of carbonyl (C=O) groups is 1. The maximum absolute atomic E-state index is 12.8. The van der Waals surface area contributed by atoms with Crippen LogP contribution in [0.5, 0.6) is 0 Å². The summed E-state index contributed by atoms with van der Waals surface area (Å²) in [4.78, 5) is 12.8. The van der Waals surface area contributed by atoms with Crippen molar-refractivity contribution in [2.75, 3.05) is 0 Å². The molecule has 0 aliphatic heterocycles. The first-order chi connectivity index (χ1) is 12.7. The molecule has 2 aliphatic rings. The molecule has 2 fully saturated rings. The molecule has 0 spiro atoms. The average Bonchev–Trinajstić information content (AvgIpc) is 2.61. The molecule has 158 valence electrons. The van der Waals surface area contributed by atoms with Gasteiger partial charge in [0.1, 0.15) is 5.78 Å². The van der Waals surface area contributed by atoms with Gasteiger partial charge in [-0.2, -0.15) is 0 Å². The molecule has 0 heterocycles. The first-order valence-corrected chi connectivity index (χ1v) is 11.4. The molecule has 0 bridgehead atoms. The van der Waals surface area contributed by atoms with E-state index in [1.54, 1.807) is 0 Å². The molecule has 27 heavy (non-hydrogen) atoms. The fourth-order valence-electron chi connectivity index (χ4n) is 5.12. The van der Waals surface area contributed by atoms with Crippen LogP contribution < -0.4 is 22.9 Å². The summed E-state index contributed by atoms with van der Waals surface area (Å²) in [6.45, 7) is 2.22. The maximum atomic E-state index is 12.8. The van der Waals surface area contributed by atoms with Crippen molar-refractivity contribution in [3.8, 4) is 0 Å². The van der Waals surface area contributed by atoms with E-state index in [2.05, 4.69) is 6.92 Å². The Hall–Kier alpha value is -0.490. The van der Waals surface area contributed by atoms with Gasteiger partial charge in [-0.3, -0.25) is 4.79 Å². The Morgan fingerprint density at radius 2 is 1.44 bits per heavy atom. The number of nitrogens with two attached hydrogens (primary N) is 4. The zero-order chi connectivity index (χ0) is 19.9. The molecule has 2 saturated carbocycles. The molecule has 0 amide bonds. The molecule has 0 radical (unpaired) electrons. The molecule has 2 aliphatic carbocycles. The van der Waals surface area contributed by atoms with Crippen LogP contribution in [0.15, 0.2) is 0 Å². The van der Waals surface area contributed by atoms with E-state index in [0.717, 1.165) is 57.8 Å². The van der Waals surface area contributed by atoms with Crippen LogP contribution in [-0.2, 0) is 4.79 Å². The van der Waals surface area contributed by atoms with Gasteiger partial charge in [0, 0.05) is 12.3 Å². The van der Waals surface area contributed by atoms with E-state index in [-0.39, 0.29) is 5.92 Å². The first kappa shape index (κ1) is 22.8. The lowest BCUT2D eigenvalue weighted by molar-refractivity contribution is -0.127. The van der Waals surface area contributed by atoms with Crippen molar-refractivity contribution < 1.29 is 4.79 Å². The van der Waals surface area contributed by atoms with Gasteiger partial charge in [0.05, 0.1) is 11.3 Å². The quantitative estimate of drug-likeness (QED) is 0.341. The second-order valence-electron chi connectivity index (χ2n) is 9.70. The van der Waals surface area contributed by atoms with E-state index < -0.39 is 11.3 Å². The first-order valence-electron chi connectivity index (χ1n) is 11.4. The molecule has 0 aromatic carbocycles. The summed E-state index contributed by atoms with van der Waals surface area (Å²) in [5.74, 6) is 1.38. The van der Waals surface area contributed by atoms with Crippen molar-refractivity contribution in [1.82, 2.24) is 0 Å². The fraction of sp³-hybridized carbons (Fsp3) is 0.955. The van der Waals surface area contributed by atoms with E-state index in [9.17, 15) is 4.79 Å². The van der Waals surface area contributed by atoms with Crippen LogP contribution in [0.1, 0.15) is 103 Å². The number of carbonyl (C=O) groups excluding carboxylic acids is 1. The van der Waals surface area contributed by atoms with Crippen LogP contribution >= 0.6 is 0 Å². The molecule has 8 N–H and O–H groups in total. The SMILES string of the molecule is CCCCCCCCC(=O)C1CC(CC2CCC(N)(N)CC2)CCC1(N)N. The average molecular weight is 381 g/mol. The number of hydrogen-bond donors (Lipinski definition) is 4. The second-order valence-corrected chi connectivity index (χ2v) is 9.70. The van der Waals surface area contributed by atoms with Crippen LogP contribution in [0, 0.1) is 17.8 Å². The molecule has 2 atom stereocenters. The summed E-state index contributed by atoms with van der Waals surface area (Å²) in [5, 5.41) is 0. The highest BCUT2D eigenvalue weighted by Gasteiger charge is 2.42. The summed E-state index contributed by atoms with van der Waals surface area (Å²) < 4.78 is 0. The molecular formula is C22H44N4O. The Kier molecular flexibility index (Phi) is 8.72. The highest BCUT2D eigenvalue weighted by Crippen LogP contribution is 2.40. The van der Waals surface area contributed by atoms with Crippen molar-refractivity contribution in [3.05, 3.63) is 0 Å². The van der Waals surface area contributed by atoms with Gasteiger partial charge in [-0.25, -0.2) is 0 Å². The van der Waals surface area contributed by atoms with Gasteiger partial charge in [-0.05, 0) is 69.6 Å². The molecule has 2 unspecified atom stereocenters. The summed E-state index contributed by atoms with van der Waals surface area (Å²) in [6, 6.07) is 0. The van der Waals surface area contributed by atoms with Crippen LogP contribution in [0.4, 0.5) is 0 Å². The van der Waals surface area contributed by atoms with E-state index >= 15 is 0 Å². The van der Waals surface area contributed by atoms with Gasteiger partial charge in [0.25, 0.3) is 0 Å². The van der Waals surface area contributed by atoms with Gasteiger partial charge in [0.2, 0.25) is 0 Å². The van der Waals surface area contributed by atoms with Crippen molar-refractivity contribution in [2.24, 2.45) is 40.7 Å². The lowest BCUT2D eigenvalue weighted by atomic mass is 9.68. The number of rotatable bonds is 10. The van der Waals surface area contributed by atoms with E-state index in [1.165, 1.54) is 32.1 Å². The van der Waals surface area contributed by atoms with Crippen molar-refractivity contribution in [1.29, 1.82) is 0 Å². The molecular weight excluding hydrogens is 336 g/mol. The minimum atomic E-state index is -0.813. The molecule has 5 nitrogen and oxygen atoms in total. The van der Waals surface area contributed by atoms with Gasteiger partial charge in [-0.15, -0.1) is 0 Å². The third-order valence-electron chi connectivity index (χ3n) is 7.07. The van der Waals surface area contributed by atoms with Gasteiger partial charge in [-0.1, -0.05) is 39.0 Å². The van der Waals surface area contributed by atoms with E-state index in [4.69, 9.17) is 22.9 Å². The Labute approximate surface area is 166 Å². The fourth-order valence-corrected chi connectivity index (χ4v) is 5.12. The third kappa shape index (κ3) is 7.45. The summed E-state index contributed by atoms with van der Waals surface area (Å²) >= 11 is 0. The molecule has 2 rings (SSSR count). The predicted molar refractivity (Wildman–Crippen MR) is 113 cm³/mol. The van der Waals surface area contributed by atoms with E-state index in [0.29, 0.717) is 24.0 Å². The van der Waals surface area contributed by atoms with Crippen LogP contribution in [-0.4, -0.2) is 17.1 Å². The summed E-state index contributed by atoms with van der Waals surface area (Å²) in [5.41, 5.74) is 23.5. The smallest absolute Gasteiger partial charge is 0.139 e. The topological polar surface area (TPSA) is 121 Å². The Balaban J connectivity index is 1.77. The van der Waals surface area contributed by atoms with E-state index in [1.807, 2.05) is 0 Å². The lowest BCUT2D eigenvalue weighted by Crippen LogP contribution is -2.60. The zero-order valence-electron chi connectivity index (χ0n) is 17.6. The standard InChI is InChI=1S/C22H44N4O/c1-2-3-4-5-6-7-8-20(27)19-16-18(11-14-22(19,25)26)15-17-9-12-21(23,24)13-10-17/h17-19H,2-16,23-26H2,1H3. The molecule has 0 saturated heterocycles. The Morgan fingerprint density at radius 1 is 0.852 bits per heavy atom. The molecule has 5 heteroatoms. The summed E-state index contributed by atoms with van der Waals surface area (Å²) in [6.07, 6.45) is 15.7. The number of unbranched alkanes of at least 4 members (excludes halogenated alkanes) is 5. The Morgan fingerprint density at radius 3 is 2.11 bits per heavy atom. The van der Waals surface area contributed by atoms with Crippen LogP contribution in [0.25, 0.3) is 0 Å². The normalized spacial score (nSPS) is 28.2. The van der Waals surface area contributed by atoms with Crippen molar-refractivity contribution >= 4 is 5.78 Å². The Bertz CT molecular complexity index is 453. The third-order valence-corrected chi connectivity index (χ3v) is 7.07. The number of Topliss-reactive ketones (excluding diaryl/α,β-unsaturated/α-hetero) is 1. The summed E-state index contributed by atoms with van der Waals surface area (Å²) in [7, 11) is 0. The predicted octanol–water partition coefficient (Wildman–Crippen LogP) is 3.53. The minimum Gasteiger partial charge on any atom is -0.313 e. The van der Waals surface area contributed by atoms with Gasteiger partial charge in [0.15, 0.2) is 0 Å². The maximum Gasteiger partial charge on any atom is 0.139 e. The zero-order valence-corrected chi connectivity index (χ0v) is 17.6. The van der Waals surface area contributed by atoms with Crippen LogP contribution in [0.2, 0.25) is 0 Å². The lowest BCUT2D eigenvalue weighted by Gasteiger charge is -2.42. The molecule has 0 aromatic heterocycles. The molecule has 0 aromatic rings. The van der Waals surface area contributed by atoms with Gasteiger partial charge < -0.3 is 22.9 Å². The largest absolute Gasteiger partial charge is 0.313 e. The number of hydrogen-bond acceptors (Lipinski definition) is 5. The monoisotopic (exact) mass is 380 g/mol. The van der Waals surface area contributed by atoms with Crippen molar-refractivity contribution in [2.45, 2.75) is 115 Å². The van der Waals surface area contributed by atoms with Crippen LogP contribution in [0.3, 0.4) is 0 Å². The minimum absolute atomic E-state index is 0.168. The number of ketones is 1. The highest BCUT2D eigenvalue weighted by atomic mass is 16.1. The highest BCUT2D eigenvalue weighted by molar-refractivity contribution is 5.82. The second kappa shape index (κ2) is 10.3. The van der Waals surface area contributed by atoms with Gasteiger partial charge >= 0.3 is 0 Å². The van der Waals surface area contributed by atoms with Crippen molar-refractivity contribution in [3.63, 3.8) is 0 Å².